The van der Waals surface area contributed by atoms with Crippen LogP contribution < -0.4 is 0 Å². The third-order valence-corrected chi connectivity index (χ3v) is 5.26. The minimum Gasteiger partial charge on any atom is -0.495 e. The van der Waals surface area contributed by atoms with Crippen molar-refractivity contribution in [2.24, 2.45) is 11.3 Å². The van der Waals surface area contributed by atoms with Gasteiger partial charge >= 0.3 is 0 Å². The molecule has 1 unspecified atom stereocenters. The number of ether oxygens (including phenoxy) is 2. The third-order valence-electron chi connectivity index (χ3n) is 5.26. The zero-order valence-electron chi connectivity index (χ0n) is 15.0. The van der Waals surface area contributed by atoms with Gasteiger partial charge in [0.15, 0.2) is 11.7 Å². The summed E-state index contributed by atoms with van der Waals surface area (Å²) in [6, 6.07) is 0. The Labute approximate surface area is 140 Å². The average molecular weight is 327 g/mol. The van der Waals surface area contributed by atoms with Crippen LogP contribution in [0, 0.1) is 11.3 Å². The van der Waals surface area contributed by atoms with Gasteiger partial charge in [0.25, 0.3) is 0 Å². The Hall–Kier alpha value is -0.780. The van der Waals surface area contributed by atoms with Crippen molar-refractivity contribution in [3.63, 3.8) is 0 Å². The van der Waals surface area contributed by atoms with E-state index in [4.69, 9.17) is 14.6 Å². The van der Waals surface area contributed by atoms with Crippen molar-refractivity contribution in [3.05, 3.63) is 12.0 Å². The van der Waals surface area contributed by atoms with Gasteiger partial charge in [-0.15, -0.1) is 0 Å². The van der Waals surface area contributed by atoms with Gasteiger partial charge in [-0.2, -0.15) is 0 Å². The fraction of sp³-hybridized carbons (Fsp3) is 0.889. The maximum Gasteiger partial charge on any atom is 0.182 e. The van der Waals surface area contributed by atoms with Crippen molar-refractivity contribution in [1.82, 2.24) is 4.90 Å². The zero-order chi connectivity index (χ0) is 17.1. The van der Waals surface area contributed by atoms with E-state index in [0.29, 0.717) is 25.1 Å². The van der Waals surface area contributed by atoms with Crippen molar-refractivity contribution in [3.8, 4) is 0 Å². The predicted molar refractivity (Wildman–Crippen MR) is 90.0 cm³/mol. The van der Waals surface area contributed by atoms with Gasteiger partial charge in [-0.3, -0.25) is 0 Å². The molecule has 1 aliphatic heterocycles. The number of hydrogen-bond acceptors (Lipinski definition) is 5. The molecule has 5 nitrogen and oxygen atoms in total. The maximum absolute atomic E-state index is 9.91. The number of rotatable bonds is 5. The van der Waals surface area contributed by atoms with Gasteiger partial charge < -0.3 is 24.6 Å². The standard InChI is InChI=1S/C18H33NO4/c1-5-16(21)19(10-11-20)12-15-13-22-18(23-15)8-6-14(7-9-18)17(2,3)4/h5,14-15,20-21H,6-13H2,1-4H3/b16-5-. The van der Waals surface area contributed by atoms with Crippen molar-refractivity contribution < 1.29 is 19.7 Å². The highest BCUT2D eigenvalue weighted by molar-refractivity contribution is 4.93. The summed E-state index contributed by atoms with van der Waals surface area (Å²) in [5.41, 5.74) is 0.343. The van der Waals surface area contributed by atoms with Gasteiger partial charge in [0.2, 0.25) is 0 Å². The number of aliphatic hydroxyl groups excluding tert-OH is 2. The maximum atomic E-state index is 9.91. The van der Waals surface area contributed by atoms with Crippen LogP contribution in [0.5, 0.6) is 0 Å². The summed E-state index contributed by atoms with van der Waals surface area (Å²) in [5.74, 6) is 0.473. The van der Waals surface area contributed by atoms with E-state index in [1.54, 1.807) is 17.9 Å². The molecule has 2 rings (SSSR count). The van der Waals surface area contributed by atoms with Gasteiger partial charge in [-0.25, -0.2) is 0 Å². The lowest BCUT2D eigenvalue weighted by Crippen LogP contribution is -2.40. The van der Waals surface area contributed by atoms with Crippen LogP contribution in [0.15, 0.2) is 12.0 Å². The molecule has 2 N–H and O–H groups in total. The Morgan fingerprint density at radius 1 is 1.30 bits per heavy atom. The lowest BCUT2D eigenvalue weighted by atomic mass is 9.71. The first kappa shape index (κ1) is 18.6. The number of nitrogens with zero attached hydrogens (tertiary/aromatic N) is 1. The summed E-state index contributed by atoms with van der Waals surface area (Å²) in [5, 5.41) is 19.1. The topological polar surface area (TPSA) is 62.2 Å². The van der Waals surface area contributed by atoms with Crippen LogP contribution in [0.25, 0.3) is 0 Å². The molecule has 0 aromatic heterocycles. The van der Waals surface area contributed by atoms with E-state index >= 15 is 0 Å². The first-order chi connectivity index (χ1) is 10.8. The Balaban J connectivity index is 1.89. The first-order valence-electron chi connectivity index (χ1n) is 8.82. The average Bonchev–Trinajstić information content (AvgIpc) is 2.88. The fourth-order valence-corrected chi connectivity index (χ4v) is 3.74. The normalized spacial score (nSPS) is 32.5. The summed E-state index contributed by atoms with van der Waals surface area (Å²) in [7, 11) is 0. The second kappa shape index (κ2) is 7.41. The van der Waals surface area contributed by atoms with Gasteiger partial charge in [0, 0.05) is 25.9 Å². The van der Waals surface area contributed by atoms with E-state index in [9.17, 15) is 5.11 Å². The van der Waals surface area contributed by atoms with Crippen molar-refractivity contribution in [2.45, 2.75) is 65.3 Å². The molecule has 1 aliphatic carbocycles. The zero-order valence-corrected chi connectivity index (χ0v) is 15.0. The van der Waals surface area contributed by atoms with Gasteiger partial charge in [-0.05, 0) is 37.2 Å². The second-order valence-corrected chi connectivity index (χ2v) is 7.92. The van der Waals surface area contributed by atoms with E-state index < -0.39 is 5.79 Å². The third kappa shape index (κ3) is 4.61. The molecule has 1 saturated carbocycles. The molecule has 134 valence electrons. The molecular weight excluding hydrogens is 294 g/mol. The number of aliphatic hydroxyl groups is 2. The molecule has 23 heavy (non-hydrogen) atoms. The minimum absolute atomic E-state index is 0.00385. The molecule has 5 heteroatoms. The smallest absolute Gasteiger partial charge is 0.182 e. The summed E-state index contributed by atoms with van der Waals surface area (Å²) in [6.45, 7) is 10.2. The van der Waals surface area contributed by atoms with Gasteiger partial charge in [0.05, 0.1) is 13.2 Å². The monoisotopic (exact) mass is 327 g/mol. The fourth-order valence-electron chi connectivity index (χ4n) is 3.74. The summed E-state index contributed by atoms with van der Waals surface area (Å²) in [4.78, 5) is 1.74. The van der Waals surface area contributed by atoms with Gasteiger partial charge in [-0.1, -0.05) is 20.8 Å². The van der Waals surface area contributed by atoms with Gasteiger partial charge in [0.1, 0.15) is 6.10 Å². The van der Waals surface area contributed by atoms with Crippen LogP contribution in [0.2, 0.25) is 0 Å². The molecule has 1 heterocycles. The SMILES string of the molecule is C/C=C(\O)N(CCO)CC1COC2(CCC(C(C)(C)C)CC2)O1. The number of hydrogen-bond donors (Lipinski definition) is 2. The molecule has 0 radical (unpaired) electrons. The van der Waals surface area contributed by atoms with Crippen LogP contribution in [0.1, 0.15) is 53.4 Å². The van der Waals surface area contributed by atoms with Crippen molar-refractivity contribution in [2.75, 3.05) is 26.3 Å². The van der Waals surface area contributed by atoms with Crippen LogP contribution in [-0.4, -0.2) is 53.3 Å². The highest BCUT2D eigenvalue weighted by Crippen LogP contribution is 2.45. The molecule has 2 fully saturated rings. The highest BCUT2D eigenvalue weighted by atomic mass is 16.7. The Morgan fingerprint density at radius 3 is 2.48 bits per heavy atom. The Kier molecular flexibility index (Phi) is 5.98. The molecule has 0 amide bonds. The van der Waals surface area contributed by atoms with E-state index in [1.807, 2.05) is 0 Å². The van der Waals surface area contributed by atoms with Crippen LogP contribution in [0.3, 0.4) is 0 Å². The quantitative estimate of drug-likeness (QED) is 0.760. The summed E-state index contributed by atoms with van der Waals surface area (Å²) in [6.07, 6.45) is 5.74. The van der Waals surface area contributed by atoms with Crippen molar-refractivity contribution in [1.29, 1.82) is 0 Å². The van der Waals surface area contributed by atoms with E-state index in [1.165, 1.54) is 0 Å². The molecule has 1 spiro atoms. The molecule has 2 aliphatic rings. The summed E-state index contributed by atoms with van der Waals surface area (Å²) < 4.78 is 12.3. The van der Waals surface area contributed by atoms with Crippen LogP contribution in [0.4, 0.5) is 0 Å². The van der Waals surface area contributed by atoms with E-state index in [-0.39, 0.29) is 18.6 Å². The molecular formula is C18H33NO4. The largest absolute Gasteiger partial charge is 0.495 e. The second-order valence-electron chi connectivity index (χ2n) is 7.92. The van der Waals surface area contributed by atoms with E-state index in [0.717, 1.165) is 31.6 Å². The molecule has 1 saturated heterocycles. The lowest BCUT2D eigenvalue weighted by Gasteiger charge is -2.41. The van der Waals surface area contributed by atoms with E-state index in [2.05, 4.69) is 20.8 Å². The molecule has 1 atom stereocenters. The van der Waals surface area contributed by atoms with Crippen molar-refractivity contribution >= 4 is 0 Å². The molecule has 0 aromatic rings. The number of allylic oxidation sites excluding steroid dienone is 1. The first-order valence-corrected chi connectivity index (χ1v) is 8.82. The highest BCUT2D eigenvalue weighted by Gasteiger charge is 2.46. The Morgan fingerprint density at radius 2 is 1.96 bits per heavy atom. The molecule has 0 aromatic carbocycles. The lowest BCUT2D eigenvalue weighted by molar-refractivity contribution is -0.197. The Bertz CT molecular complexity index is 408. The van der Waals surface area contributed by atoms with Crippen LogP contribution in [-0.2, 0) is 9.47 Å². The predicted octanol–water partition coefficient (Wildman–Crippen LogP) is 3.05. The minimum atomic E-state index is -0.428. The molecule has 0 bridgehead atoms. The summed E-state index contributed by atoms with van der Waals surface area (Å²) >= 11 is 0. The van der Waals surface area contributed by atoms with Crippen LogP contribution >= 0.6 is 0 Å².